The zero-order valence-corrected chi connectivity index (χ0v) is 23.1. The number of hydrogen-bond donors (Lipinski definition) is 1. The molecule has 0 fully saturated rings. The molecule has 0 unspecified atom stereocenters. The molecule has 4 aromatic rings. The number of rotatable bonds is 5. The average Bonchev–Trinajstić information content (AvgIpc) is 2.91. The summed E-state index contributed by atoms with van der Waals surface area (Å²) in [7, 11) is 1.49. The van der Waals surface area contributed by atoms with Crippen LogP contribution in [0, 0.1) is 18.6 Å². The Morgan fingerprint density at radius 2 is 1.80 bits per heavy atom. The maximum Gasteiger partial charge on any atom is 0.339 e. The number of ether oxygens (including phenoxy) is 2. The Morgan fingerprint density at radius 1 is 1.07 bits per heavy atom. The van der Waals surface area contributed by atoms with Gasteiger partial charge in [-0.3, -0.25) is 4.79 Å². The third kappa shape index (κ3) is 4.88. The average molecular weight is 548 g/mol. The summed E-state index contributed by atoms with van der Waals surface area (Å²) in [4.78, 5) is 26.5. The van der Waals surface area contributed by atoms with Gasteiger partial charge in [0.25, 0.3) is 5.56 Å². The quantitative estimate of drug-likeness (QED) is 0.300. The van der Waals surface area contributed by atoms with Gasteiger partial charge in [0, 0.05) is 23.6 Å². The zero-order chi connectivity index (χ0) is 28.9. The predicted octanol–water partition coefficient (Wildman–Crippen LogP) is 6.72. The van der Waals surface area contributed by atoms with Gasteiger partial charge in [-0.05, 0) is 92.4 Å². The SMILES string of the molecule is Cc1c(-c2c([C@H](OC(C)(C)C)C(=O)O)n(C)c(=O)c3cc(-c4cccc(F)c4)ccc23)cc(F)c2c1CCCO2. The normalized spacial score (nSPS) is 14.1. The van der Waals surface area contributed by atoms with E-state index in [9.17, 15) is 19.1 Å². The molecular formula is C32H31F2NO5. The van der Waals surface area contributed by atoms with Crippen molar-refractivity contribution in [1.82, 2.24) is 4.57 Å². The number of fused-ring (bicyclic) bond motifs is 2. The number of benzene rings is 3. The summed E-state index contributed by atoms with van der Waals surface area (Å²) in [5.74, 6) is -2.03. The van der Waals surface area contributed by atoms with Crippen molar-refractivity contribution in [2.45, 2.75) is 52.2 Å². The topological polar surface area (TPSA) is 77.8 Å². The van der Waals surface area contributed by atoms with Crippen molar-refractivity contribution in [1.29, 1.82) is 0 Å². The number of hydrogen-bond acceptors (Lipinski definition) is 4. The zero-order valence-electron chi connectivity index (χ0n) is 23.1. The molecule has 1 N–H and O–H groups in total. The second-order valence-corrected chi connectivity index (χ2v) is 11.1. The lowest BCUT2D eigenvalue weighted by Gasteiger charge is -2.29. The molecule has 1 aliphatic rings. The Hall–Kier alpha value is -4.04. The van der Waals surface area contributed by atoms with Crippen LogP contribution in [0.3, 0.4) is 0 Å². The standard InChI is InChI=1S/C32H31F2NO5/c1-17-21-10-7-13-39-28(21)25(34)16-23(17)26-22-12-11-19(18-8-6-9-20(33)14-18)15-24(22)30(36)35(5)27(26)29(31(37)38)40-32(2,3)4/h6,8-9,11-12,14-16,29H,7,10,13H2,1-5H3,(H,37,38)/t29-/m0/s1. The molecule has 5 rings (SSSR count). The molecule has 6 nitrogen and oxygen atoms in total. The van der Waals surface area contributed by atoms with Crippen LogP contribution in [-0.4, -0.2) is 27.9 Å². The summed E-state index contributed by atoms with van der Waals surface area (Å²) in [5.41, 5.74) is 2.31. The number of aromatic nitrogens is 1. The summed E-state index contributed by atoms with van der Waals surface area (Å²) < 4.78 is 42.4. The van der Waals surface area contributed by atoms with E-state index >= 15 is 4.39 Å². The van der Waals surface area contributed by atoms with Gasteiger partial charge in [0.15, 0.2) is 17.7 Å². The fraction of sp³-hybridized carbons (Fsp3) is 0.312. The van der Waals surface area contributed by atoms with Crippen molar-refractivity contribution < 1.29 is 28.2 Å². The van der Waals surface area contributed by atoms with Crippen LogP contribution in [0.1, 0.15) is 50.1 Å². The van der Waals surface area contributed by atoms with Gasteiger partial charge in [0.1, 0.15) is 5.82 Å². The third-order valence-electron chi connectivity index (χ3n) is 7.25. The van der Waals surface area contributed by atoms with Gasteiger partial charge in [-0.15, -0.1) is 0 Å². The Balaban J connectivity index is 1.90. The summed E-state index contributed by atoms with van der Waals surface area (Å²) in [6.07, 6.45) is -0.190. The molecule has 8 heteroatoms. The van der Waals surface area contributed by atoms with Crippen LogP contribution in [-0.2, 0) is 23.0 Å². The number of pyridine rings is 1. The maximum absolute atomic E-state index is 15.5. The Kier molecular flexibility index (Phi) is 7.00. The second-order valence-electron chi connectivity index (χ2n) is 11.1. The largest absolute Gasteiger partial charge is 0.490 e. The highest BCUT2D eigenvalue weighted by atomic mass is 19.1. The van der Waals surface area contributed by atoms with Crippen LogP contribution in [0.4, 0.5) is 8.78 Å². The second kappa shape index (κ2) is 10.2. The van der Waals surface area contributed by atoms with Crippen LogP contribution >= 0.6 is 0 Å². The molecule has 1 atom stereocenters. The molecule has 2 heterocycles. The lowest BCUT2D eigenvalue weighted by molar-refractivity contribution is -0.161. The molecule has 1 aliphatic heterocycles. The first-order valence-corrected chi connectivity index (χ1v) is 13.2. The molecule has 3 aromatic carbocycles. The molecule has 0 aliphatic carbocycles. The molecule has 0 radical (unpaired) electrons. The number of aliphatic carboxylic acids is 1. The maximum atomic E-state index is 15.5. The Bertz CT molecular complexity index is 1720. The first kappa shape index (κ1) is 27.5. The van der Waals surface area contributed by atoms with Crippen LogP contribution in [0.5, 0.6) is 5.75 Å². The van der Waals surface area contributed by atoms with Crippen molar-refractivity contribution >= 4 is 16.7 Å². The Morgan fingerprint density at radius 3 is 2.48 bits per heavy atom. The summed E-state index contributed by atoms with van der Waals surface area (Å²) in [6, 6.07) is 12.5. The van der Waals surface area contributed by atoms with Crippen LogP contribution in [0.2, 0.25) is 0 Å². The Labute approximate surface area is 230 Å². The molecule has 0 spiro atoms. The van der Waals surface area contributed by atoms with Gasteiger partial charge in [-0.25, -0.2) is 13.6 Å². The summed E-state index contributed by atoms with van der Waals surface area (Å²) in [5, 5.41) is 11.0. The van der Waals surface area contributed by atoms with E-state index in [0.29, 0.717) is 46.2 Å². The molecule has 0 saturated carbocycles. The fourth-order valence-electron chi connectivity index (χ4n) is 5.47. The summed E-state index contributed by atoms with van der Waals surface area (Å²) in [6.45, 7) is 7.46. The number of carbonyl (C=O) groups is 1. The minimum absolute atomic E-state index is 0.109. The van der Waals surface area contributed by atoms with Gasteiger partial charge in [-0.1, -0.05) is 24.3 Å². The lowest BCUT2D eigenvalue weighted by atomic mass is 9.87. The van der Waals surface area contributed by atoms with Crippen molar-refractivity contribution in [3.05, 3.63) is 87.3 Å². The van der Waals surface area contributed by atoms with E-state index in [-0.39, 0.29) is 16.8 Å². The highest BCUT2D eigenvalue weighted by molar-refractivity contribution is 6.01. The van der Waals surface area contributed by atoms with E-state index in [4.69, 9.17) is 9.47 Å². The van der Waals surface area contributed by atoms with E-state index in [1.54, 1.807) is 51.1 Å². The van der Waals surface area contributed by atoms with Crippen LogP contribution < -0.4 is 10.3 Å². The first-order chi connectivity index (χ1) is 18.9. The van der Waals surface area contributed by atoms with Crippen LogP contribution in [0.25, 0.3) is 33.0 Å². The van der Waals surface area contributed by atoms with Gasteiger partial charge >= 0.3 is 5.97 Å². The van der Waals surface area contributed by atoms with Gasteiger partial charge in [0.2, 0.25) is 0 Å². The molecule has 0 saturated heterocycles. The molecule has 0 bridgehead atoms. The monoisotopic (exact) mass is 547 g/mol. The first-order valence-electron chi connectivity index (χ1n) is 13.2. The molecule has 1 aromatic heterocycles. The highest BCUT2D eigenvalue weighted by Crippen LogP contribution is 2.43. The van der Waals surface area contributed by atoms with E-state index in [0.717, 1.165) is 12.0 Å². The molecule has 208 valence electrons. The highest BCUT2D eigenvalue weighted by Gasteiger charge is 2.34. The minimum Gasteiger partial charge on any atom is -0.490 e. The van der Waals surface area contributed by atoms with E-state index in [2.05, 4.69) is 0 Å². The number of halogens is 2. The number of nitrogens with zero attached hydrogens (tertiary/aromatic N) is 1. The van der Waals surface area contributed by atoms with Crippen molar-refractivity contribution in [2.75, 3.05) is 6.61 Å². The van der Waals surface area contributed by atoms with Gasteiger partial charge in [0.05, 0.1) is 17.9 Å². The smallest absolute Gasteiger partial charge is 0.339 e. The summed E-state index contributed by atoms with van der Waals surface area (Å²) >= 11 is 0. The van der Waals surface area contributed by atoms with Crippen LogP contribution in [0.15, 0.2) is 53.3 Å². The lowest BCUT2D eigenvalue weighted by Crippen LogP contribution is -2.33. The third-order valence-corrected chi connectivity index (χ3v) is 7.25. The molecule has 40 heavy (non-hydrogen) atoms. The molecule has 0 amide bonds. The predicted molar refractivity (Wildman–Crippen MR) is 150 cm³/mol. The number of carboxylic acid groups (broad SMARTS) is 1. The van der Waals surface area contributed by atoms with E-state index in [1.807, 2.05) is 6.92 Å². The molecular weight excluding hydrogens is 516 g/mol. The van der Waals surface area contributed by atoms with E-state index in [1.165, 1.54) is 29.8 Å². The fourth-order valence-corrected chi connectivity index (χ4v) is 5.47. The van der Waals surface area contributed by atoms with E-state index < -0.39 is 34.9 Å². The minimum atomic E-state index is -1.52. The number of carboxylic acids is 1. The van der Waals surface area contributed by atoms with Crippen molar-refractivity contribution in [2.24, 2.45) is 7.05 Å². The van der Waals surface area contributed by atoms with Crippen molar-refractivity contribution in [3.8, 4) is 28.0 Å². The van der Waals surface area contributed by atoms with Gasteiger partial charge < -0.3 is 19.1 Å². The van der Waals surface area contributed by atoms with Gasteiger partial charge in [-0.2, -0.15) is 0 Å². The van der Waals surface area contributed by atoms with Crippen molar-refractivity contribution in [3.63, 3.8) is 0 Å².